The molecule has 0 aliphatic rings. The lowest BCUT2D eigenvalue weighted by molar-refractivity contribution is 0.294. The Morgan fingerprint density at radius 1 is 1.29 bits per heavy atom. The molecule has 0 heterocycles. The smallest absolute Gasteiger partial charge is 0.127 e. The lowest BCUT2D eigenvalue weighted by Crippen LogP contribution is -2.01. The van der Waals surface area contributed by atoms with E-state index in [2.05, 4.69) is 29.8 Å². The van der Waals surface area contributed by atoms with Crippen LogP contribution < -0.4 is 9.47 Å². The van der Waals surface area contributed by atoms with Crippen molar-refractivity contribution in [1.82, 2.24) is 0 Å². The van der Waals surface area contributed by atoms with Gasteiger partial charge in [-0.3, -0.25) is 0 Å². The number of ether oxygens (including phenoxy) is 2. The van der Waals surface area contributed by atoms with Crippen molar-refractivity contribution in [1.29, 1.82) is 0 Å². The second-order valence-electron chi connectivity index (χ2n) is 4.49. The molecule has 0 aromatic heterocycles. The van der Waals surface area contributed by atoms with E-state index in [0.717, 1.165) is 41.3 Å². The first-order chi connectivity index (χ1) is 8.17. The van der Waals surface area contributed by atoms with E-state index in [1.54, 1.807) is 7.11 Å². The molecule has 2 nitrogen and oxygen atoms in total. The van der Waals surface area contributed by atoms with E-state index in [-0.39, 0.29) is 0 Å². The third-order valence-electron chi connectivity index (χ3n) is 2.60. The molecular formula is C14H21BrO2. The summed E-state index contributed by atoms with van der Waals surface area (Å²) in [6.45, 7) is 5.23. The van der Waals surface area contributed by atoms with Crippen LogP contribution in [0.3, 0.4) is 0 Å². The highest BCUT2D eigenvalue weighted by molar-refractivity contribution is 9.08. The van der Waals surface area contributed by atoms with Crippen LogP contribution in [0, 0.1) is 5.92 Å². The Morgan fingerprint density at radius 3 is 2.65 bits per heavy atom. The zero-order valence-corrected chi connectivity index (χ0v) is 12.4. The molecule has 0 bridgehead atoms. The van der Waals surface area contributed by atoms with Gasteiger partial charge < -0.3 is 9.47 Å². The minimum atomic E-state index is 0.736. The minimum Gasteiger partial charge on any atom is -0.497 e. The highest BCUT2D eigenvalue weighted by Gasteiger charge is 2.05. The van der Waals surface area contributed by atoms with Gasteiger partial charge in [-0.1, -0.05) is 35.8 Å². The van der Waals surface area contributed by atoms with Gasteiger partial charge in [0.25, 0.3) is 0 Å². The summed E-state index contributed by atoms with van der Waals surface area (Å²) >= 11 is 3.47. The highest BCUT2D eigenvalue weighted by atomic mass is 79.9. The number of rotatable bonds is 7. The van der Waals surface area contributed by atoms with Crippen LogP contribution in [0.25, 0.3) is 0 Å². The van der Waals surface area contributed by atoms with Gasteiger partial charge in [-0.2, -0.15) is 0 Å². The first-order valence-electron chi connectivity index (χ1n) is 6.03. The van der Waals surface area contributed by atoms with Crippen LogP contribution in [0.4, 0.5) is 0 Å². The first kappa shape index (κ1) is 14.4. The van der Waals surface area contributed by atoms with Crippen LogP contribution >= 0.6 is 15.9 Å². The van der Waals surface area contributed by atoms with E-state index < -0.39 is 0 Å². The van der Waals surface area contributed by atoms with Crippen molar-refractivity contribution in [3.05, 3.63) is 23.8 Å². The lowest BCUT2D eigenvalue weighted by Gasteiger charge is -2.12. The average Bonchev–Trinajstić information content (AvgIpc) is 2.34. The predicted molar refractivity (Wildman–Crippen MR) is 75.2 cm³/mol. The molecule has 0 fully saturated rings. The van der Waals surface area contributed by atoms with Gasteiger partial charge in [-0.05, 0) is 24.8 Å². The third kappa shape index (κ3) is 4.99. The largest absolute Gasteiger partial charge is 0.497 e. The van der Waals surface area contributed by atoms with Gasteiger partial charge in [-0.15, -0.1) is 0 Å². The van der Waals surface area contributed by atoms with Crippen molar-refractivity contribution in [3.63, 3.8) is 0 Å². The van der Waals surface area contributed by atoms with Crippen molar-refractivity contribution in [2.24, 2.45) is 5.92 Å². The van der Waals surface area contributed by atoms with Crippen LogP contribution in [0.15, 0.2) is 18.2 Å². The maximum atomic E-state index is 5.81. The summed E-state index contributed by atoms with van der Waals surface area (Å²) in [7, 11) is 1.67. The Morgan fingerprint density at radius 2 is 2.06 bits per heavy atom. The fraction of sp³-hybridized carbons (Fsp3) is 0.571. The molecule has 0 aliphatic carbocycles. The van der Waals surface area contributed by atoms with Crippen molar-refractivity contribution in [2.45, 2.75) is 32.0 Å². The molecule has 1 aromatic rings. The maximum absolute atomic E-state index is 5.81. The van der Waals surface area contributed by atoms with E-state index in [4.69, 9.17) is 9.47 Å². The van der Waals surface area contributed by atoms with E-state index in [1.807, 2.05) is 18.2 Å². The third-order valence-corrected chi connectivity index (χ3v) is 3.21. The number of methoxy groups -OCH3 is 1. The molecule has 0 unspecified atom stereocenters. The number of alkyl halides is 1. The number of benzene rings is 1. The number of hydrogen-bond acceptors (Lipinski definition) is 2. The Labute approximate surface area is 112 Å². The quantitative estimate of drug-likeness (QED) is 0.549. The normalized spacial score (nSPS) is 10.6. The van der Waals surface area contributed by atoms with E-state index >= 15 is 0 Å². The summed E-state index contributed by atoms with van der Waals surface area (Å²) in [5, 5.41) is 0.802. The Balaban J connectivity index is 2.55. The van der Waals surface area contributed by atoms with Gasteiger partial charge in [0.05, 0.1) is 13.7 Å². The molecule has 1 aromatic carbocycles. The maximum Gasteiger partial charge on any atom is 0.127 e. The van der Waals surface area contributed by atoms with E-state index in [9.17, 15) is 0 Å². The molecule has 0 radical (unpaired) electrons. The van der Waals surface area contributed by atoms with Crippen molar-refractivity contribution in [2.75, 3.05) is 13.7 Å². The summed E-state index contributed by atoms with van der Waals surface area (Å²) in [5.41, 5.74) is 1.16. The van der Waals surface area contributed by atoms with Crippen molar-refractivity contribution in [3.8, 4) is 11.5 Å². The van der Waals surface area contributed by atoms with Gasteiger partial charge in [0.15, 0.2) is 0 Å². The molecule has 0 amide bonds. The molecular weight excluding hydrogens is 280 g/mol. The van der Waals surface area contributed by atoms with Gasteiger partial charge >= 0.3 is 0 Å². The number of halogens is 1. The Kier molecular flexibility index (Phi) is 6.41. The summed E-state index contributed by atoms with van der Waals surface area (Å²) in [4.78, 5) is 0. The van der Waals surface area contributed by atoms with Crippen LogP contribution in [0.1, 0.15) is 32.3 Å². The fourth-order valence-electron chi connectivity index (χ4n) is 1.58. The molecule has 17 heavy (non-hydrogen) atoms. The lowest BCUT2D eigenvalue weighted by atomic mass is 10.1. The molecule has 0 spiro atoms. The van der Waals surface area contributed by atoms with Gasteiger partial charge in [0.1, 0.15) is 11.5 Å². The molecule has 0 aliphatic heterocycles. The SMILES string of the molecule is COc1ccc(CBr)c(OCCCC(C)C)c1. The summed E-state index contributed by atoms with van der Waals surface area (Å²) in [6, 6.07) is 5.94. The molecule has 0 saturated carbocycles. The second kappa shape index (κ2) is 7.59. The zero-order valence-electron chi connectivity index (χ0n) is 10.8. The predicted octanol–water partition coefficient (Wildman–Crippen LogP) is 4.41. The average molecular weight is 301 g/mol. The number of hydrogen-bond donors (Lipinski definition) is 0. The van der Waals surface area contributed by atoms with Gasteiger partial charge in [-0.25, -0.2) is 0 Å². The van der Waals surface area contributed by atoms with Crippen LogP contribution in [-0.4, -0.2) is 13.7 Å². The minimum absolute atomic E-state index is 0.736. The molecule has 0 saturated heterocycles. The fourth-order valence-corrected chi connectivity index (χ4v) is 2.04. The Bertz CT molecular complexity index is 337. The Hall–Kier alpha value is -0.700. The molecule has 0 atom stereocenters. The van der Waals surface area contributed by atoms with Crippen molar-refractivity contribution < 1.29 is 9.47 Å². The van der Waals surface area contributed by atoms with Gasteiger partial charge in [0, 0.05) is 17.0 Å². The summed E-state index contributed by atoms with van der Waals surface area (Å²) in [6.07, 6.45) is 2.30. The molecule has 1 rings (SSSR count). The van der Waals surface area contributed by atoms with Crippen molar-refractivity contribution >= 4 is 15.9 Å². The summed E-state index contributed by atoms with van der Waals surface area (Å²) in [5.74, 6) is 2.50. The second-order valence-corrected chi connectivity index (χ2v) is 5.05. The standard InChI is InChI=1S/C14H21BrO2/c1-11(2)5-4-8-17-14-9-13(16-3)7-6-12(14)10-15/h6-7,9,11H,4-5,8,10H2,1-3H3. The monoisotopic (exact) mass is 300 g/mol. The van der Waals surface area contributed by atoms with E-state index in [0.29, 0.717) is 0 Å². The van der Waals surface area contributed by atoms with Crippen LogP contribution in [0.2, 0.25) is 0 Å². The summed E-state index contributed by atoms with van der Waals surface area (Å²) < 4.78 is 11.0. The topological polar surface area (TPSA) is 18.5 Å². The molecule has 3 heteroatoms. The molecule has 0 N–H and O–H groups in total. The van der Waals surface area contributed by atoms with Gasteiger partial charge in [0.2, 0.25) is 0 Å². The zero-order chi connectivity index (χ0) is 12.7. The van der Waals surface area contributed by atoms with Crippen LogP contribution in [0.5, 0.6) is 11.5 Å². The highest BCUT2D eigenvalue weighted by Crippen LogP contribution is 2.26. The van der Waals surface area contributed by atoms with E-state index in [1.165, 1.54) is 6.42 Å². The molecule has 96 valence electrons. The first-order valence-corrected chi connectivity index (χ1v) is 7.15. The van der Waals surface area contributed by atoms with Crippen LogP contribution in [-0.2, 0) is 5.33 Å².